The van der Waals surface area contributed by atoms with Crippen LogP contribution in [0.3, 0.4) is 0 Å². The predicted molar refractivity (Wildman–Crippen MR) is 325 cm³/mol. The molecule has 0 bridgehead atoms. The smallest absolute Gasteiger partial charge is 0.203 e. The monoisotopic (exact) mass is 1250 g/mol. The van der Waals surface area contributed by atoms with Gasteiger partial charge in [0.15, 0.2) is 23.0 Å². The summed E-state index contributed by atoms with van der Waals surface area (Å²) in [5.74, 6) is 15.5. The molecular formula is C64H98O24. The summed E-state index contributed by atoms with van der Waals surface area (Å²) in [6.07, 6.45) is 0. The van der Waals surface area contributed by atoms with Crippen LogP contribution in [0.1, 0.15) is 22.3 Å². The Hall–Kier alpha value is -5.14. The first kappa shape index (κ1) is 77.1. The molecule has 24 heteroatoms. The second-order valence-electron chi connectivity index (χ2n) is 18.1. The highest BCUT2D eigenvalue weighted by molar-refractivity contribution is 5.60. The van der Waals surface area contributed by atoms with E-state index in [1.165, 1.54) is 0 Å². The van der Waals surface area contributed by atoms with Crippen molar-refractivity contribution in [2.45, 2.75) is 0 Å². The zero-order chi connectivity index (χ0) is 62.7. The molecule has 0 heterocycles. The summed E-state index contributed by atoms with van der Waals surface area (Å²) in [7, 11) is 9.77. The Morgan fingerprint density at radius 2 is 0.352 bits per heavy atom. The highest BCUT2D eigenvalue weighted by Crippen LogP contribution is 2.40. The van der Waals surface area contributed by atoms with Crippen molar-refractivity contribution in [2.24, 2.45) is 0 Å². The SMILES string of the molecule is COCCOCCOCCOc1cc(C#Cc2ccc(C#Cc3cc(OCCOCCOCCOC)c(OCCOCCOCCOC)c(OCCOCCOCCOC)c3)cc2)cc(OCCOCCOCCOC)c1OCCOCCOCCOC. The van der Waals surface area contributed by atoms with Crippen LogP contribution in [-0.4, -0.2) is 281 Å². The van der Waals surface area contributed by atoms with E-state index in [1.54, 1.807) is 42.7 Å². The van der Waals surface area contributed by atoms with Gasteiger partial charge in [0.1, 0.15) is 39.6 Å². The maximum absolute atomic E-state index is 6.31. The Morgan fingerprint density at radius 3 is 0.545 bits per heavy atom. The van der Waals surface area contributed by atoms with Crippen molar-refractivity contribution >= 4 is 0 Å². The summed E-state index contributed by atoms with van der Waals surface area (Å²) in [6.45, 7) is 13.7. The van der Waals surface area contributed by atoms with Crippen LogP contribution < -0.4 is 28.4 Å². The number of methoxy groups -OCH3 is 6. The van der Waals surface area contributed by atoms with Crippen molar-refractivity contribution in [3.05, 3.63) is 70.8 Å². The van der Waals surface area contributed by atoms with Gasteiger partial charge in [-0.15, -0.1) is 0 Å². The van der Waals surface area contributed by atoms with E-state index in [2.05, 4.69) is 23.7 Å². The second kappa shape index (κ2) is 57.0. The molecule has 0 radical (unpaired) electrons. The Labute approximate surface area is 521 Å². The van der Waals surface area contributed by atoms with E-state index < -0.39 is 0 Å². The molecule has 0 fully saturated rings. The topological polar surface area (TPSA) is 222 Å². The van der Waals surface area contributed by atoms with Gasteiger partial charge in [0.2, 0.25) is 11.5 Å². The molecule has 0 aromatic heterocycles. The first-order chi connectivity index (χ1) is 43.6. The molecule has 0 aliphatic carbocycles. The van der Waals surface area contributed by atoms with E-state index in [1.807, 2.05) is 48.5 Å². The van der Waals surface area contributed by atoms with Crippen LogP contribution in [0.5, 0.6) is 34.5 Å². The second-order valence-corrected chi connectivity index (χ2v) is 18.1. The minimum atomic E-state index is 0.202. The summed E-state index contributed by atoms with van der Waals surface area (Å²) in [5.41, 5.74) is 2.71. The van der Waals surface area contributed by atoms with Crippen molar-refractivity contribution in [3.63, 3.8) is 0 Å². The maximum atomic E-state index is 6.31. The lowest BCUT2D eigenvalue weighted by atomic mass is 10.1. The fraction of sp³-hybridized carbons (Fsp3) is 0.656. The molecule has 0 atom stereocenters. The van der Waals surface area contributed by atoms with Gasteiger partial charge in [-0.25, -0.2) is 0 Å². The third kappa shape index (κ3) is 40.5. The summed E-state index contributed by atoms with van der Waals surface area (Å²) in [4.78, 5) is 0. The van der Waals surface area contributed by atoms with Crippen molar-refractivity contribution in [1.29, 1.82) is 0 Å². The lowest BCUT2D eigenvalue weighted by molar-refractivity contribution is 0.0146. The molecule has 24 nitrogen and oxygen atoms in total. The van der Waals surface area contributed by atoms with E-state index in [9.17, 15) is 0 Å². The van der Waals surface area contributed by atoms with Gasteiger partial charge in [-0.2, -0.15) is 0 Å². The van der Waals surface area contributed by atoms with Crippen molar-refractivity contribution < 1.29 is 114 Å². The van der Waals surface area contributed by atoms with Crippen molar-refractivity contribution in [1.82, 2.24) is 0 Å². The summed E-state index contributed by atoms with van der Waals surface area (Å²) in [6, 6.07) is 14.8. The normalized spacial score (nSPS) is 11.1. The van der Waals surface area contributed by atoms with Crippen LogP contribution in [0.25, 0.3) is 0 Å². The molecule has 0 saturated carbocycles. The Morgan fingerprint density at radius 1 is 0.193 bits per heavy atom. The van der Waals surface area contributed by atoms with Crippen molar-refractivity contribution in [2.75, 3.05) is 281 Å². The lowest BCUT2D eigenvalue weighted by Crippen LogP contribution is -2.15. The van der Waals surface area contributed by atoms with Gasteiger partial charge >= 0.3 is 0 Å². The molecular weight excluding hydrogens is 1150 g/mol. The maximum Gasteiger partial charge on any atom is 0.203 e. The standard InChI is InChI=1S/C64H98O24/c1-65-15-21-71-27-33-77-39-45-83-59-51-57(52-60(84-46-40-78-34-28-72-22-16-66-2)63(59)87-49-43-81-37-31-75-25-19-69-5)13-11-55-7-9-56(10-8-55)12-14-58-53-61(85-47-41-79-35-29-73-23-17-67-3)64(88-50-44-82-38-32-76-26-20-70-6)62(54-58)86-48-42-80-36-30-74-24-18-68-4/h7-10,51-54H,15-50H2,1-6H3. The van der Waals surface area contributed by atoms with Crippen LogP contribution >= 0.6 is 0 Å². The van der Waals surface area contributed by atoms with Crippen LogP contribution in [0.15, 0.2) is 48.5 Å². The zero-order valence-electron chi connectivity index (χ0n) is 52.9. The molecule has 3 aromatic carbocycles. The summed E-state index contributed by atoms with van der Waals surface area (Å²) in [5, 5.41) is 0. The molecule has 3 rings (SSSR count). The van der Waals surface area contributed by atoms with Crippen LogP contribution in [-0.2, 0) is 85.3 Å². The molecule has 3 aromatic rings. The third-order valence-corrected chi connectivity index (χ3v) is 11.3. The van der Waals surface area contributed by atoms with Crippen LogP contribution in [0.4, 0.5) is 0 Å². The largest absolute Gasteiger partial charge is 0.487 e. The fourth-order valence-corrected chi connectivity index (χ4v) is 6.97. The summed E-state index contributed by atoms with van der Waals surface area (Å²) < 4.78 is 136. The minimum absolute atomic E-state index is 0.202. The number of rotatable bonds is 60. The van der Waals surface area contributed by atoms with Gasteiger partial charge in [-0.3, -0.25) is 0 Å². The van der Waals surface area contributed by atoms with E-state index in [4.69, 9.17) is 114 Å². The van der Waals surface area contributed by atoms with Crippen LogP contribution in [0, 0.1) is 23.7 Å². The lowest BCUT2D eigenvalue weighted by Gasteiger charge is -2.18. The Bertz CT molecular complexity index is 1990. The molecule has 0 N–H and O–H groups in total. The average molecular weight is 1250 g/mol. The van der Waals surface area contributed by atoms with Gasteiger partial charge in [0.25, 0.3) is 0 Å². The van der Waals surface area contributed by atoms with Gasteiger partial charge in [-0.1, -0.05) is 23.7 Å². The van der Waals surface area contributed by atoms with Crippen LogP contribution in [0.2, 0.25) is 0 Å². The van der Waals surface area contributed by atoms with E-state index in [0.29, 0.717) is 231 Å². The van der Waals surface area contributed by atoms with Gasteiger partial charge < -0.3 is 114 Å². The molecule has 0 aliphatic rings. The molecule has 0 saturated heterocycles. The number of benzene rings is 3. The molecule has 0 unspecified atom stereocenters. The molecule has 0 aliphatic heterocycles. The average Bonchev–Trinajstić information content (AvgIpc) is 3.73. The Balaban J connectivity index is 1.90. The highest BCUT2D eigenvalue weighted by atomic mass is 16.6. The molecule has 498 valence electrons. The zero-order valence-corrected chi connectivity index (χ0v) is 52.9. The fourth-order valence-electron chi connectivity index (χ4n) is 6.97. The molecule has 0 spiro atoms. The summed E-state index contributed by atoms with van der Waals surface area (Å²) >= 11 is 0. The molecule has 88 heavy (non-hydrogen) atoms. The number of hydrogen-bond acceptors (Lipinski definition) is 24. The van der Waals surface area contributed by atoms with Gasteiger partial charge in [-0.05, 0) is 48.5 Å². The van der Waals surface area contributed by atoms with E-state index in [0.717, 1.165) is 11.1 Å². The minimum Gasteiger partial charge on any atom is -0.487 e. The van der Waals surface area contributed by atoms with E-state index in [-0.39, 0.29) is 52.9 Å². The van der Waals surface area contributed by atoms with Gasteiger partial charge in [0, 0.05) is 64.9 Å². The Kier molecular flexibility index (Phi) is 50.0. The first-order valence-electron chi connectivity index (χ1n) is 29.7. The van der Waals surface area contributed by atoms with Gasteiger partial charge in [0.05, 0.1) is 198 Å². The quantitative estimate of drug-likeness (QED) is 0.0545. The number of hydrogen-bond donors (Lipinski definition) is 0. The first-order valence-corrected chi connectivity index (χ1v) is 29.7. The predicted octanol–water partition coefficient (Wildman–Crippen LogP) is 4.84. The number of ether oxygens (including phenoxy) is 24. The highest BCUT2D eigenvalue weighted by Gasteiger charge is 2.18. The van der Waals surface area contributed by atoms with Crippen molar-refractivity contribution in [3.8, 4) is 58.2 Å². The third-order valence-electron chi connectivity index (χ3n) is 11.3. The van der Waals surface area contributed by atoms with E-state index >= 15 is 0 Å². The molecule has 0 amide bonds.